The van der Waals surface area contributed by atoms with Gasteiger partial charge in [-0.1, -0.05) is 20.8 Å². The summed E-state index contributed by atoms with van der Waals surface area (Å²) < 4.78 is 25.1. The Balaban J connectivity index is 0.000000671. The van der Waals surface area contributed by atoms with E-state index in [1.54, 1.807) is 5.38 Å². The van der Waals surface area contributed by atoms with E-state index in [0.29, 0.717) is 6.42 Å². The molecule has 0 fully saturated rings. The van der Waals surface area contributed by atoms with Gasteiger partial charge in [0, 0.05) is 12.3 Å². The van der Waals surface area contributed by atoms with Crippen molar-refractivity contribution in [3.05, 3.63) is 16.1 Å². The van der Waals surface area contributed by atoms with E-state index < -0.39 is 5.92 Å². The van der Waals surface area contributed by atoms with E-state index in [4.69, 9.17) is 0 Å². The summed E-state index contributed by atoms with van der Waals surface area (Å²) in [6, 6.07) is 0. The van der Waals surface area contributed by atoms with E-state index in [2.05, 4.69) is 4.98 Å². The van der Waals surface area contributed by atoms with Crippen LogP contribution in [0, 0.1) is 0 Å². The highest BCUT2D eigenvalue weighted by atomic mass is 32.1. The molecule has 1 rings (SSSR count). The molecular formula is C9H15F2NS. The first-order valence-electron chi connectivity index (χ1n) is 4.36. The van der Waals surface area contributed by atoms with Crippen LogP contribution in [0.3, 0.4) is 0 Å². The van der Waals surface area contributed by atoms with Crippen LogP contribution in [-0.4, -0.2) is 4.98 Å². The molecule has 1 heterocycles. The molecule has 0 radical (unpaired) electrons. The van der Waals surface area contributed by atoms with Gasteiger partial charge in [0.15, 0.2) is 5.01 Å². The van der Waals surface area contributed by atoms with Crippen LogP contribution in [0.4, 0.5) is 8.78 Å². The van der Waals surface area contributed by atoms with Crippen LogP contribution in [0.15, 0.2) is 5.38 Å². The van der Waals surface area contributed by atoms with Crippen molar-refractivity contribution in [3.63, 3.8) is 0 Å². The number of aromatic nitrogens is 1. The number of rotatable bonds is 2. The smallest absolute Gasteiger partial charge is 0.240 e. The van der Waals surface area contributed by atoms with Gasteiger partial charge in [-0.25, -0.2) is 4.98 Å². The van der Waals surface area contributed by atoms with Crippen molar-refractivity contribution in [2.45, 2.75) is 40.0 Å². The molecule has 0 aliphatic rings. The molecule has 0 atom stereocenters. The number of hydrogen-bond donors (Lipinski definition) is 0. The Morgan fingerprint density at radius 3 is 2.23 bits per heavy atom. The minimum absolute atomic E-state index is 0.0886. The zero-order chi connectivity index (χ0) is 10.5. The van der Waals surface area contributed by atoms with Crippen LogP contribution in [-0.2, 0) is 12.3 Å². The monoisotopic (exact) mass is 207 g/mol. The number of thiazole rings is 1. The van der Waals surface area contributed by atoms with Gasteiger partial charge in [0.2, 0.25) is 0 Å². The van der Waals surface area contributed by atoms with Crippen LogP contribution in [0.2, 0.25) is 0 Å². The Hall–Kier alpha value is -0.510. The average molecular weight is 207 g/mol. The molecule has 0 saturated heterocycles. The van der Waals surface area contributed by atoms with Gasteiger partial charge in [-0.05, 0) is 6.42 Å². The van der Waals surface area contributed by atoms with Gasteiger partial charge in [-0.15, -0.1) is 11.3 Å². The molecule has 1 aromatic rings. The highest BCUT2D eigenvalue weighted by molar-refractivity contribution is 7.09. The lowest BCUT2D eigenvalue weighted by atomic mass is 10.4. The normalized spacial score (nSPS) is 10.6. The minimum Gasteiger partial charge on any atom is -0.240 e. The lowest BCUT2D eigenvalue weighted by molar-refractivity contribution is 0.0171. The second-order valence-electron chi connectivity index (χ2n) is 2.39. The molecule has 0 bridgehead atoms. The molecule has 0 aromatic carbocycles. The molecule has 0 aliphatic heterocycles. The van der Waals surface area contributed by atoms with Crippen LogP contribution < -0.4 is 0 Å². The summed E-state index contributed by atoms with van der Waals surface area (Å²) in [6.45, 7) is 6.76. The number of aryl methyl sites for hydroxylation is 1. The molecule has 0 spiro atoms. The highest BCUT2D eigenvalue weighted by Gasteiger charge is 2.27. The molecule has 4 heteroatoms. The van der Waals surface area contributed by atoms with Gasteiger partial charge in [-0.2, -0.15) is 8.78 Å². The summed E-state index contributed by atoms with van der Waals surface area (Å²) in [6.07, 6.45) is 0.715. The summed E-state index contributed by atoms with van der Waals surface area (Å²) in [5, 5.41) is 1.58. The molecule has 0 unspecified atom stereocenters. The standard InChI is InChI=1S/C7H9F2NS.C2H6/c1-3-5-4-11-6(10-5)7(2,8)9;1-2/h4H,3H2,1-2H3;1-2H3. The van der Waals surface area contributed by atoms with Crippen molar-refractivity contribution >= 4 is 11.3 Å². The van der Waals surface area contributed by atoms with Crippen LogP contribution in [0.1, 0.15) is 38.4 Å². The first-order valence-corrected chi connectivity index (χ1v) is 5.24. The fourth-order valence-corrected chi connectivity index (χ4v) is 1.51. The van der Waals surface area contributed by atoms with Crippen LogP contribution in [0.25, 0.3) is 0 Å². The second kappa shape index (κ2) is 5.27. The van der Waals surface area contributed by atoms with E-state index in [0.717, 1.165) is 24.0 Å². The summed E-state index contributed by atoms with van der Waals surface area (Å²) >= 11 is 1.02. The summed E-state index contributed by atoms with van der Waals surface area (Å²) in [5.41, 5.74) is 0.742. The number of nitrogens with zero attached hydrogens (tertiary/aromatic N) is 1. The van der Waals surface area contributed by atoms with Crippen molar-refractivity contribution in [1.29, 1.82) is 0 Å². The Labute approximate surface area is 81.8 Å². The largest absolute Gasteiger partial charge is 0.296 e. The van der Waals surface area contributed by atoms with Gasteiger partial charge in [0.1, 0.15) is 0 Å². The lowest BCUT2D eigenvalue weighted by Crippen LogP contribution is -2.06. The minimum atomic E-state index is -2.78. The van der Waals surface area contributed by atoms with E-state index in [9.17, 15) is 8.78 Å². The fourth-order valence-electron chi connectivity index (χ4n) is 0.671. The molecule has 0 aliphatic carbocycles. The molecule has 0 amide bonds. The van der Waals surface area contributed by atoms with Crippen LogP contribution >= 0.6 is 11.3 Å². The third-order valence-corrected chi connectivity index (χ3v) is 2.35. The highest BCUT2D eigenvalue weighted by Crippen LogP contribution is 2.29. The maximum atomic E-state index is 12.6. The fraction of sp³-hybridized carbons (Fsp3) is 0.667. The van der Waals surface area contributed by atoms with Crippen molar-refractivity contribution in [2.75, 3.05) is 0 Å². The molecule has 0 N–H and O–H groups in total. The SMILES string of the molecule is CC.CCc1csc(C(C)(F)F)n1. The number of alkyl halides is 2. The molecule has 76 valence electrons. The third-order valence-electron chi connectivity index (χ3n) is 1.29. The van der Waals surface area contributed by atoms with E-state index >= 15 is 0 Å². The quantitative estimate of drug-likeness (QED) is 0.718. The Kier molecular flexibility index (Phi) is 5.06. The molecule has 1 nitrogen and oxygen atoms in total. The van der Waals surface area contributed by atoms with Crippen molar-refractivity contribution < 1.29 is 8.78 Å². The first-order chi connectivity index (χ1) is 6.04. The zero-order valence-electron chi connectivity index (χ0n) is 8.40. The van der Waals surface area contributed by atoms with Gasteiger partial charge in [-0.3, -0.25) is 0 Å². The summed E-state index contributed by atoms with van der Waals surface area (Å²) in [7, 11) is 0. The van der Waals surface area contributed by atoms with E-state index in [-0.39, 0.29) is 5.01 Å². The maximum absolute atomic E-state index is 12.6. The molecule has 1 aromatic heterocycles. The van der Waals surface area contributed by atoms with Gasteiger partial charge in [0.25, 0.3) is 5.92 Å². The molecular weight excluding hydrogens is 192 g/mol. The first kappa shape index (κ1) is 12.5. The maximum Gasteiger partial charge on any atom is 0.296 e. The second-order valence-corrected chi connectivity index (χ2v) is 3.24. The Morgan fingerprint density at radius 2 is 2.00 bits per heavy atom. The van der Waals surface area contributed by atoms with Crippen molar-refractivity contribution in [1.82, 2.24) is 4.98 Å². The predicted molar refractivity (Wildman–Crippen MR) is 52.4 cm³/mol. The number of halogens is 2. The van der Waals surface area contributed by atoms with E-state index in [1.165, 1.54) is 0 Å². The van der Waals surface area contributed by atoms with Crippen molar-refractivity contribution in [2.24, 2.45) is 0 Å². The van der Waals surface area contributed by atoms with Crippen molar-refractivity contribution in [3.8, 4) is 0 Å². The lowest BCUT2D eigenvalue weighted by Gasteiger charge is -2.03. The third kappa shape index (κ3) is 3.81. The summed E-state index contributed by atoms with van der Waals surface area (Å²) in [4.78, 5) is 3.77. The number of hydrogen-bond acceptors (Lipinski definition) is 2. The average Bonchev–Trinajstić information content (AvgIpc) is 2.54. The molecule has 13 heavy (non-hydrogen) atoms. The Bertz CT molecular complexity index is 240. The topological polar surface area (TPSA) is 12.9 Å². The predicted octanol–water partition coefficient (Wildman–Crippen LogP) is 3.84. The molecule has 0 saturated carbocycles. The van der Waals surface area contributed by atoms with Crippen LogP contribution in [0.5, 0.6) is 0 Å². The van der Waals surface area contributed by atoms with Gasteiger partial charge < -0.3 is 0 Å². The zero-order valence-corrected chi connectivity index (χ0v) is 9.21. The Morgan fingerprint density at radius 1 is 1.46 bits per heavy atom. The summed E-state index contributed by atoms with van der Waals surface area (Å²) in [5.74, 6) is -2.78. The van der Waals surface area contributed by atoms with E-state index in [1.807, 2.05) is 20.8 Å². The van der Waals surface area contributed by atoms with Gasteiger partial charge >= 0.3 is 0 Å². The van der Waals surface area contributed by atoms with Gasteiger partial charge in [0.05, 0.1) is 5.69 Å².